The zero-order chi connectivity index (χ0) is 6.67. The summed E-state index contributed by atoms with van der Waals surface area (Å²) < 4.78 is 0. The topological polar surface area (TPSA) is 17.1 Å². The predicted octanol–water partition coefficient (Wildman–Crippen LogP) is 0.572. The van der Waals surface area contributed by atoms with Crippen molar-refractivity contribution in [2.45, 2.75) is 6.42 Å². The summed E-state index contributed by atoms with van der Waals surface area (Å²) in [6, 6.07) is 0. The molecule has 1 nitrogen and oxygen atoms in total. The summed E-state index contributed by atoms with van der Waals surface area (Å²) in [6.45, 7) is 0. The van der Waals surface area contributed by atoms with Gasteiger partial charge in [0.1, 0.15) is 0 Å². The molecule has 2 bridgehead atoms. The molecule has 0 spiro atoms. The summed E-state index contributed by atoms with van der Waals surface area (Å²) in [5.74, 6) is 4.52. The van der Waals surface area contributed by atoms with Gasteiger partial charge in [-0.05, 0) is 36.0 Å². The molecule has 0 amide bonds. The van der Waals surface area contributed by atoms with Gasteiger partial charge in [-0.1, -0.05) is 0 Å². The highest BCUT2D eigenvalue weighted by Gasteiger charge is 2.95. The van der Waals surface area contributed by atoms with E-state index in [4.69, 9.17) is 12.6 Å². The van der Waals surface area contributed by atoms with Gasteiger partial charge in [-0.3, -0.25) is 0 Å². The lowest BCUT2D eigenvalue weighted by Crippen LogP contribution is -2.11. The van der Waals surface area contributed by atoms with Crippen LogP contribution in [0.3, 0.4) is 0 Å². The van der Waals surface area contributed by atoms with Gasteiger partial charge < -0.3 is 17.4 Å². The first-order valence-electron chi connectivity index (χ1n) is 4.00. The second-order valence-corrected chi connectivity index (χ2v) is 4.77. The molecule has 5 saturated carbocycles. The summed E-state index contributed by atoms with van der Waals surface area (Å²) in [6.07, 6.45) is 1.18. The molecule has 0 saturated heterocycles. The molecule has 0 aliphatic heterocycles. The Morgan fingerprint density at radius 3 is 2.20 bits per heavy atom. The van der Waals surface area contributed by atoms with E-state index in [0.717, 1.165) is 29.6 Å². The third-order valence-corrected chi connectivity index (χ3v) is 4.92. The molecule has 0 N–H and O–H groups in total. The molecule has 0 aromatic heterocycles. The van der Waals surface area contributed by atoms with Crippen LogP contribution in [0.5, 0.6) is 0 Å². The van der Waals surface area contributed by atoms with Crippen LogP contribution in [-0.4, -0.2) is 5.12 Å². The van der Waals surface area contributed by atoms with E-state index < -0.39 is 0 Å². The van der Waals surface area contributed by atoms with E-state index in [1.54, 1.807) is 0 Å². The Morgan fingerprint density at radius 2 is 2.00 bits per heavy atom. The Kier molecular flexibility index (Phi) is 0.420. The molecular weight excluding hydrogens is 144 g/mol. The van der Waals surface area contributed by atoms with E-state index in [9.17, 15) is 4.79 Å². The number of hydrogen-bond acceptors (Lipinski definition) is 2. The minimum absolute atomic E-state index is 0.0926. The SMILES string of the molecule is O=C([S-])C12CC3C4C3C1C42. The average molecular weight is 151 g/mol. The summed E-state index contributed by atoms with van der Waals surface area (Å²) in [5, 5.41) is 0.0926. The van der Waals surface area contributed by atoms with Gasteiger partial charge in [-0.15, -0.1) is 0 Å². The van der Waals surface area contributed by atoms with E-state index in [-0.39, 0.29) is 10.5 Å². The van der Waals surface area contributed by atoms with E-state index >= 15 is 0 Å². The van der Waals surface area contributed by atoms with Gasteiger partial charge >= 0.3 is 0 Å². The molecule has 2 heteroatoms. The van der Waals surface area contributed by atoms with Crippen molar-refractivity contribution in [3.05, 3.63) is 0 Å². The van der Waals surface area contributed by atoms with Crippen molar-refractivity contribution in [2.24, 2.45) is 35.0 Å². The summed E-state index contributed by atoms with van der Waals surface area (Å²) >= 11 is 4.77. The van der Waals surface area contributed by atoms with Gasteiger partial charge in [0.15, 0.2) is 0 Å². The molecule has 10 heavy (non-hydrogen) atoms. The minimum atomic E-state index is 0.0926. The molecule has 5 fully saturated rings. The Hall–Kier alpha value is -0.110. The lowest BCUT2D eigenvalue weighted by molar-refractivity contribution is -0.115. The van der Waals surface area contributed by atoms with Crippen LogP contribution in [0.25, 0.3) is 0 Å². The number of hydrogen-bond donors (Lipinski definition) is 0. The normalized spacial score (nSPS) is 77.8. The largest absolute Gasteiger partial charge is 0.741 e. The number of rotatable bonds is 1. The van der Waals surface area contributed by atoms with Gasteiger partial charge in [0.05, 0.1) is 0 Å². The first-order chi connectivity index (χ1) is 4.78. The Morgan fingerprint density at radius 1 is 1.40 bits per heavy atom. The first-order valence-corrected chi connectivity index (χ1v) is 4.41. The van der Waals surface area contributed by atoms with Crippen LogP contribution in [0, 0.1) is 35.0 Å². The van der Waals surface area contributed by atoms with Gasteiger partial charge in [0, 0.05) is 10.5 Å². The van der Waals surface area contributed by atoms with Gasteiger partial charge in [-0.2, -0.15) is 0 Å². The lowest BCUT2D eigenvalue weighted by Gasteiger charge is -2.12. The van der Waals surface area contributed by atoms with Crippen molar-refractivity contribution in [3.8, 4) is 0 Å². The van der Waals surface area contributed by atoms with Crippen molar-refractivity contribution >= 4 is 17.7 Å². The van der Waals surface area contributed by atoms with Crippen LogP contribution in [0.15, 0.2) is 0 Å². The maximum absolute atomic E-state index is 11.1. The highest BCUT2D eigenvalue weighted by molar-refractivity contribution is 7.77. The summed E-state index contributed by atoms with van der Waals surface area (Å²) in [7, 11) is 0. The van der Waals surface area contributed by atoms with E-state index in [1.807, 2.05) is 0 Å². The van der Waals surface area contributed by atoms with Gasteiger partial charge in [0.2, 0.25) is 0 Å². The van der Waals surface area contributed by atoms with Crippen LogP contribution in [0.1, 0.15) is 6.42 Å². The highest BCUT2D eigenvalue weighted by atomic mass is 32.1. The van der Waals surface area contributed by atoms with E-state index in [0.29, 0.717) is 0 Å². The monoisotopic (exact) mass is 151 g/mol. The Labute approximate surface area is 64.6 Å². The van der Waals surface area contributed by atoms with Crippen molar-refractivity contribution in [1.29, 1.82) is 0 Å². The molecule has 5 rings (SSSR count). The van der Waals surface area contributed by atoms with Crippen molar-refractivity contribution in [2.75, 3.05) is 0 Å². The summed E-state index contributed by atoms with van der Waals surface area (Å²) in [4.78, 5) is 11.1. The molecular formula is C8H7OS-. The number of carbonyl (C=O) groups is 1. The zero-order valence-electron chi connectivity index (χ0n) is 5.41. The molecule has 4 unspecified atom stereocenters. The smallest absolute Gasteiger partial charge is 0.0188 e. The minimum Gasteiger partial charge on any atom is -0.741 e. The van der Waals surface area contributed by atoms with Crippen LogP contribution in [0.2, 0.25) is 0 Å². The second-order valence-electron chi connectivity index (χ2n) is 4.40. The standard InChI is InChI=1S/C8H8OS/c9-7(10)8-1-2-3-4(2)6(8)5(3)8/h2-6H,1H2,(H,9,10)/p-1. The molecule has 0 radical (unpaired) electrons. The second kappa shape index (κ2) is 0.893. The number of carbonyl (C=O) groups excluding carboxylic acids is 1. The predicted molar refractivity (Wildman–Crippen MR) is 36.9 cm³/mol. The molecule has 52 valence electrons. The zero-order valence-corrected chi connectivity index (χ0v) is 6.23. The average Bonchev–Trinajstić information content (AvgIpc) is 2.43. The fourth-order valence-corrected chi connectivity index (χ4v) is 4.60. The van der Waals surface area contributed by atoms with E-state index in [2.05, 4.69) is 0 Å². The summed E-state index contributed by atoms with van der Waals surface area (Å²) in [5.41, 5.74) is 0.106. The van der Waals surface area contributed by atoms with Crippen molar-refractivity contribution < 1.29 is 4.79 Å². The van der Waals surface area contributed by atoms with Gasteiger partial charge in [-0.25, -0.2) is 0 Å². The van der Waals surface area contributed by atoms with Crippen molar-refractivity contribution in [1.82, 2.24) is 0 Å². The van der Waals surface area contributed by atoms with Crippen LogP contribution < -0.4 is 0 Å². The molecule has 0 aromatic rings. The molecule has 0 aromatic carbocycles. The van der Waals surface area contributed by atoms with E-state index in [1.165, 1.54) is 6.42 Å². The quantitative estimate of drug-likeness (QED) is 0.510. The Balaban J connectivity index is 1.93. The third kappa shape index (κ3) is 0.204. The maximum Gasteiger partial charge on any atom is 0.0188 e. The van der Waals surface area contributed by atoms with Crippen molar-refractivity contribution in [3.63, 3.8) is 0 Å². The van der Waals surface area contributed by atoms with Crippen LogP contribution in [0.4, 0.5) is 0 Å². The van der Waals surface area contributed by atoms with Crippen LogP contribution in [-0.2, 0) is 17.4 Å². The van der Waals surface area contributed by atoms with Crippen LogP contribution >= 0.6 is 0 Å². The fourth-order valence-electron chi connectivity index (χ4n) is 4.25. The third-order valence-electron chi connectivity index (χ3n) is 4.54. The first kappa shape index (κ1) is 4.70. The molecule has 5 aliphatic rings. The highest BCUT2D eigenvalue weighted by Crippen LogP contribution is 2.97. The van der Waals surface area contributed by atoms with Gasteiger partial charge in [0.25, 0.3) is 0 Å². The molecule has 4 atom stereocenters. The molecule has 5 aliphatic carbocycles. The molecule has 0 heterocycles. The maximum atomic E-state index is 11.1. The Bertz CT molecular complexity index is 250. The fraction of sp³-hybridized carbons (Fsp3) is 0.875. The lowest BCUT2D eigenvalue weighted by atomic mass is 10.0.